The van der Waals surface area contributed by atoms with Gasteiger partial charge in [0.1, 0.15) is 6.04 Å². The van der Waals surface area contributed by atoms with E-state index in [1.807, 2.05) is 32.0 Å². The number of hydrogen-bond donors (Lipinski definition) is 1. The predicted octanol–water partition coefficient (Wildman–Crippen LogP) is 4.35. The number of halogens is 1. The van der Waals surface area contributed by atoms with Crippen molar-refractivity contribution < 1.29 is 9.59 Å². The smallest absolute Gasteiger partial charge is 0.260 e. The van der Waals surface area contributed by atoms with E-state index >= 15 is 0 Å². The minimum Gasteiger partial charge on any atom is -0.322 e. The summed E-state index contributed by atoms with van der Waals surface area (Å²) in [4.78, 5) is 27.3. The van der Waals surface area contributed by atoms with E-state index in [1.54, 1.807) is 35.2 Å². The first-order chi connectivity index (χ1) is 11.5. The lowest BCUT2D eigenvalue weighted by Gasteiger charge is -2.37. The van der Waals surface area contributed by atoms with Gasteiger partial charge < -0.3 is 5.32 Å². The molecule has 124 valence electrons. The molecule has 0 bridgehead atoms. The Morgan fingerprint density at radius 3 is 2.54 bits per heavy atom. The molecule has 1 aliphatic rings. The van der Waals surface area contributed by atoms with Gasteiger partial charge in [0.25, 0.3) is 5.91 Å². The van der Waals surface area contributed by atoms with Gasteiger partial charge in [-0.1, -0.05) is 49.7 Å². The average Bonchev–Trinajstić information content (AvgIpc) is 2.55. The summed E-state index contributed by atoms with van der Waals surface area (Å²) in [6.07, 6.45) is 0.580. The highest BCUT2D eigenvalue weighted by atomic mass is 35.5. The molecule has 0 fully saturated rings. The van der Waals surface area contributed by atoms with Crippen molar-refractivity contribution in [2.75, 3.05) is 10.2 Å². The van der Waals surface area contributed by atoms with Crippen LogP contribution in [0, 0.1) is 5.92 Å². The molecule has 1 N–H and O–H groups in total. The highest BCUT2D eigenvalue weighted by Gasteiger charge is 2.37. The second kappa shape index (κ2) is 6.65. The monoisotopic (exact) mass is 342 g/mol. The Kier molecular flexibility index (Phi) is 4.58. The molecule has 4 nitrogen and oxygen atoms in total. The fourth-order valence-corrected chi connectivity index (χ4v) is 3.18. The zero-order chi connectivity index (χ0) is 17.3. The minimum atomic E-state index is -0.552. The number of benzene rings is 2. The molecule has 0 spiro atoms. The number of carbonyl (C=O) groups is 2. The van der Waals surface area contributed by atoms with Crippen LogP contribution in [0.5, 0.6) is 0 Å². The maximum atomic E-state index is 13.2. The fourth-order valence-electron chi connectivity index (χ4n) is 2.96. The van der Waals surface area contributed by atoms with Crippen LogP contribution in [0.4, 0.5) is 11.4 Å². The molecule has 0 saturated heterocycles. The van der Waals surface area contributed by atoms with Crippen LogP contribution in [0.1, 0.15) is 30.6 Å². The highest BCUT2D eigenvalue weighted by Crippen LogP contribution is 2.35. The summed E-state index contributed by atoms with van der Waals surface area (Å²) in [6, 6.07) is 13.7. The van der Waals surface area contributed by atoms with E-state index in [0.717, 1.165) is 0 Å². The third-order valence-corrected chi connectivity index (χ3v) is 4.38. The number of anilines is 2. The summed E-state index contributed by atoms with van der Waals surface area (Å²) >= 11 is 6.21. The highest BCUT2D eigenvalue weighted by molar-refractivity contribution is 6.35. The van der Waals surface area contributed by atoms with Crippen molar-refractivity contribution in [1.29, 1.82) is 0 Å². The average molecular weight is 343 g/mol. The van der Waals surface area contributed by atoms with E-state index in [2.05, 4.69) is 5.32 Å². The molecule has 3 rings (SSSR count). The Hall–Kier alpha value is -2.33. The summed E-state index contributed by atoms with van der Waals surface area (Å²) < 4.78 is 0. The van der Waals surface area contributed by atoms with E-state index in [-0.39, 0.29) is 17.7 Å². The number of hydrogen-bond acceptors (Lipinski definition) is 2. The first-order valence-electron chi connectivity index (χ1n) is 7.97. The molecule has 0 radical (unpaired) electrons. The Labute approximate surface area is 146 Å². The SMILES string of the molecule is CC(C)CC1C(=O)Nc2ccccc2N1C(=O)c1ccccc1Cl. The molecule has 0 aliphatic carbocycles. The van der Waals surface area contributed by atoms with E-state index in [4.69, 9.17) is 11.6 Å². The third-order valence-electron chi connectivity index (χ3n) is 4.05. The van der Waals surface area contributed by atoms with Crippen molar-refractivity contribution >= 4 is 34.8 Å². The van der Waals surface area contributed by atoms with Gasteiger partial charge in [-0.3, -0.25) is 14.5 Å². The molecule has 2 aromatic rings. The van der Waals surface area contributed by atoms with Gasteiger partial charge >= 0.3 is 0 Å². The third kappa shape index (κ3) is 3.02. The zero-order valence-electron chi connectivity index (χ0n) is 13.6. The number of para-hydroxylation sites is 2. The Morgan fingerprint density at radius 2 is 1.83 bits per heavy atom. The summed E-state index contributed by atoms with van der Waals surface area (Å²) in [7, 11) is 0. The summed E-state index contributed by atoms with van der Waals surface area (Å²) in [5.41, 5.74) is 1.74. The van der Waals surface area contributed by atoms with Gasteiger partial charge in [0.05, 0.1) is 22.0 Å². The van der Waals surface area contributed by atoms with E-state index in [9.17, 15) is 9.59 Å². The standard InChI is InChI=1S/C19H19ClN2O2/c1-12(2)11-17-18(23)21-15-9-5-6-10-16(15)22(17)19(24)13-7-3-4-8-14(13)20/h3-10,12,17H,11H2,1-2H3,(H,21,23). The molecular formula is C19H19ClN2O2. The van der Waals surface area contributed by atoms with Crippen LogP contribution in [-0.4, -0.2) is 17.9 Å². The molecule has 1 atom stereocenters. The number of rotatable bonds is 3. The lowest BCUT2D eigenvalue weighted by Crippen LogP contribution is -2.51. The maximum absolute atomic E-state index is 13.2. The van der Waals surface area contributed by atoms with Crippen molar-refractivity contribution in [3.05, 3.63) is 59.1 Å². The van der Waals surface area contributed by atoms with E-state index < -0.39 is 6.04 Å². The summed E-state index contributed by atoms with van der Waals surface area (Å²) in [6.45, 7) is 4.07. The number of fused-ring (bicyclic) bond motifs is 1. The van der Waals surface area contributed by atoms with Crippen LogP contribution < -0.4 is 10.2 Å². The van der Waals surface area contributed by atoms with E-state index in [1.165, 1.54) is 0 Å². The molecule has 24 heavy (non-hydrogen) atoms. The predicted molar refractivity (Wildman–Crippen MR) is 96.6 cm³/mol. The Balaban J connectivity index is 2.10. The van der Waals surface area contributed by atoms with Crippen LogP contribution in [0.2, 0.25) is 5.02 Å². The Bertz CT molecular complexity index is 788. The second-order valence-electron chi connectivity index (χ2n) is 6.31. The van der Waals surface area contributed by atoms with Crippen molar-refractivity contribution in [3.8, 4) is 0 Å². The molecule has 1 aliphatic heterocycles. The Morgan fingerprint density at radius 1 is 1.17 bits per heavy atom. The van der Waals surface area contributed by atoms with Crippen LogP contribution in [0.3, 0.4) is 0 Å². The van der Waals surface area contributed by atoms with Gasteiger partial charge in [-0.15, -0.1) is 0 Å². The molecule has 5 heteroatoms. The van der Waals surface area contributed by atoms with Gasteiger partial charge in [0.15, 0.2) is 0 Å². The molecular weight excluding hydrogens is 324 g/mol. The van der Waals surface area contributed by atoms with Gasteiger partial charge in [-0.05, 0) is 36.6 Å². The second-order valence-corrected chi connectivity index (χ2v) is 6.71. The van der Waals surface area contributed by atoms with E-state index in [0.29, 0.717) is 28.4 Å². The topological polar surface area (TPSA) is 49.4 Å². The molecule has 2 amide bonds. The number of carbonyl (C=O) groups excluding carboxylic acids is 2. The zero-order valence-corrected chi connectivity index (χ0v) is 14.4. The fraction of sp³-hybridized carbons (Fsp3) is 0.263. The molecule has 2 aromatic carbocycles. The van der Waals surface area contributed by atoms with Crippen LogP contribution in [-0.2, 0) is 4.79 Å². The first kappa shape index (κ1) is 16.5. The van der Waals surface area contributed by atoms with Gasteiger partial charge in [-0.25, -0.2) is 0 Å². The molecule has 1 heterocycles. The van der Waals surface area contributed by atoms with Crippen LogP contribution >= 0.6 is 11.6 Å². The van der Waals surface area contributed by atoms with Crippen molar-refractivity contribution in [2.45, 2.75) is 26.3 Å². The van der Waals surface area contributed by atoms with Crippen molar-refractivity contribution in [2.24, 2.45) is 5.92 Å². The molecule has 1 unspecified atom stereocenters. The number of amides is 2. The van der Waals surface area contributed by atoms with Crippen molar-refractivity contribution in [3.63, 3.8) is 0 Å². The summed E-state index contributed by atoms with van der Waals surface area (Å²) in [5, 5.41) is 3.28. The molecule has 0 saturated carbocycles. The maximum Gasteiger partial charge on any atom is 0.260 e. The minimum absolute atomic E-state index is 0.164. The number of nitrogens with zero attached hydrogens (tertiary/aromatic N) is 1. The normalized spacial score (nSPS) is 16.8. The van der Waals surface area contributed by atoms with Gasteiger partial charge in [0, 0.05) is 0 Å². The lowest BCUT2D eigenvalue weighted by molar-refractivity contribution is -0.117. The first-order valence-corrected chi connectivity index (χ1v) is 8.35. The van der Waals surface area contributed by atoms with Gasteiger partial charge in [-0.2, -0.15) is 0 Å². The lowest BCUT2D eigenvalue weighted by atomic mass is 9.97. The van der Waals surface area contributed by atoms with Crippen LogP contribution in [0.15, 0.2) is 48.5 Å². The molecule has 0 aromatic heterocycles. The van der Waals surface area contributed by atoms with Crippen LogP contribution in [0.25, 0.3) is 0 Å². The largest absolute Gasteiger partial charge is 0.322 e. The quantitative estimate of drug-likeness (QED) is 0.901. The summed E-state index contributed by atoms with van der Waals surface area (Å²) in [5.74, 6) is -0.149. The number of nitrogens with one attached hydrogen (secondary N) is 1. The van der Waals surface area contributed by atoms with Gasteiger partial charge in [0.2, 0.25) is 5.91 Å². The van der Waals surface area contributed by atoms with Crippen molar-refractivity contribution in [1.82, 2.24) is 0 Å².